The minimum atomic E-state index is -0.282. The molecule has 1 aromatic carbocycles. The molecule has 0 atom stereocenters. The minimum Gasteiger partial charge on any atom is -0.496 e. The second kappa shape index (κ2) is 8.29. The molecule has 0 N–H and O–H groups in total. The van der Waals surface area contributed by atoms with Gasteiger partial charge in [-0.3, -0.25) is 4.68 Å². The molecule has 0 unspecified atom stereocenters. The summed E-state index contributed by atoms with van der Waals surface area (Å²) in [6, 6.07) is 6.17. The van der Waals surface area contributed by atoms with Gasteiger partial charge in [-0.1, -0.05) is 31.6 Å². The van der Waals surface area contributed by atoms with Gasteiger partial charge in [-0.2, -0.15) is 5.10 Å². The summed E-state index contributed by atoms with van der Waals surface area (Å²) in [7, 11) is 5.31. The van der Waals surface area contributed by atoms with Crippen LogP contribution in [0.3, 0.4) is 0 Å². The molecule has 27 heavy (non-hydrogen) atoms. The summed E-state index contributed by atoms with van der Waals surface area (Å²) in [5.74, 6) is 0.767. The van der Waals surface area contributed by atoms with Crippen molar-refractivity contribution in [1.29, 1.82) is 0 Å². The number of aryl methyl sites for hydroxylation is 1. The second-order valence-corrected chi connectivity index (χ2v) is 6.89. The van der Waals surface area contributed by atoms with Crippen molar-refractivity contribution in [2.75, 3.05) is 14.2 Å². The average Bonchev–Trinajstić information content (AvgIpc) is 3.35. The van der Waals surface area contributed by atoms with Crippen LogP contribution in [0.4, 0.5) is 4.79 Å². The van der Waals surface area contributed by atoms with Crippen LogP contribution in [0, 0.1) is 0 Å². The van der Waals surface area contributed by atoms with E-state index >= 15 is 0 Å². The van der Waals surface area contributed by atoms with Gasteiger partial charge in [0.25, 0.3) is 0 Å². The van der Waals surface area contributed by atoms with E-state index in [0.717, 1.165) is 41.0 Å². The van der Waals surface area contributed by atoms with Crippen molar-refractivity contribution in [3.8, 4) is 16.9 Å². The van der Waals surface area contributed by atoms with Crippen LogP contribution in [-0.2, 0) is 18.4 Å². The van der Waals surface area contributed by atoms with Gasteiger partial charge in [0.1, 0.15) is 12.4 Å². The van der Waals surface area contributed by atoms with E-state index in [4.69, 9.17) is 9.47 Å². The molecule has 1 aliphatic carbocycles. The van der Waals surface area contributed by atoms with Gasteiger partial charge in [0, 0.05) is 31.3 Å². The number of rotatable bonds is 6. The molecular weight excluding hydrogens is 342 g/mol. The Hall–Kier alpha value is -2.76. The number of carbonyl (C=O) groups excluding carboxylic acids is 1. The number of methoxy groups -OCH3 is 1. The van der Waals surface area contributed by atoms with E-state index in [0.29, 0.717) is 6.04 Å². The van der Waals surface area contributed by atoms with E-state index < -0.39 is 0 Å². The number of amides is 1. The van der Waals surface area contributed by atoms with Crippen molar-refractivity contribution in [1.82, 2.24) is 14.7 Å². The molecule has 6 nitrogen and oxygen atoms in total. The number of hydrogen-bond acceptors (Lipinski definition) is 4. The first-order valence-electron chi connectivity index (χ1n) is 9.26. The fraction of sp³-hybridized carbons (Fsp3) is 0.429. The largest absolute Gasteiger partial charge is 0.496 e. The molecule has 1 amide bonds. The predicted molar refractivity (Wildman–Crippen MR) is 105 cm³/mol. The quantitative estimate of drug-likeness (QED) is 0.764. The molecule has 144 valence electrons. The van der Waals surface area contributed by atoms with Crippen molar-refractivity contribution < 1.29 is 14.3 Å². The molecule has 6 heteroatoms. The van der Waals surface area contributed by atoms with Crippen LogP contribution in [0.15, 0.2) is 31.0 Å². The summed E-state index contributed by atoms with van der Waals surface area (Å²) < 4.78 is 12.7. The van der Waals surface area contributed by atoms with Gasteiger partial charge in [-0.05, 0) is 30.5 Å². The molecule has 0 bridgehead atoms. The summed E-state index contributed by atoms with van der Waals surface area (Å²) in [6.45, 7) is 4.02. The molecule has 1 saturated carbocycles. The Kier molecular flexibility index (Phi) is 5.84. The molecule has 1 aromatic heterocycles. The monoisotopic (exact) mass is 369 g/mol. The number of benzene rings is 1. The minimum absolute atomic E-state index is 0.178. The summed E-state index contributed by atoms with van der Waals surface area (Å²) in [5, 5.41) is 4.35. The molecule has 0 radical (unpaired) electrons. The fourth-order valence-corrected chi connectivity index (χ4v) is 3.61. The molecule has 0 saturated heterocycles. The maximum atomic E-state index is 12.4. The third kappa shape index (κ3) is 3.99. The molecule has 1 aliphatic rings. The first-order valence-corrected chi connectivity index (χ1v) is 9.26. The van der Waals surface area contributed by atoms with E-state index in [9.17, 15) is 4.79 Å². The standard InChI is InChI=1S/C21H27N3O3/c1-5-15-12-16(10-11-20(15)26-4)18-13-22-24(3)19(18)14-27-21(25)23(2)17-8-6-7-9-17/h5,10-13,17H,1,6-9,14H2,2-4H3. The molecule has 0 aliphatic heterocycles. The highest BCUT2D eigenvalue weighted by molar-refractivity contribution is 5.72. The van der Waals surface area contributed by atoms with Gasteiger partial charge in [0.05, 0.1) is 19.0 Å². The average molecular weight is 369 g/mol. The maximum Gasteiger partial charge on any atom is 0.410 e. The van der Waals surface area contributed by atoms with Gasteiger partial charge in [0.15, 0.2) is 0 Å². The molecule has 1 heterocycles. The zero-order valence-corrected chi connectivity index (χ0v) is 16.3. The van der Waals surface area contributed by atoms with E-state index in [1.165, 1.54) is 12.8 Å². The first kappa shape index (κ1) is 19.0. The van der Waals surface area contributed by atoms with Gasteiger partial charge >= 0.3 is 6.09 Å². The van der Waals surface area contributed by atoms with Crippen molar-refractivity contribution in [2.24, 2.45) is 7.05 Å². The van der Waals surface area contributed by atoms with Crippen LogP contribution in [0.25, 0.3) is 17.2 Å². The highest BCUT2D eigenvalue weighted by Crippen LogP contribution is 2.30. The predicted octanol–water partition coefficient (Wildman–Crippen LogP) is 4.25. The normalized spacial score (nSPS) is 14.2. The van der Waals surface area contributed by atoms with Crippen molar-refractivity contribution in [3.63, 3.8) is 0 Å². The molecule has 1 fully saturated rings. The van der Waals surface area contributed by atoms with Crippen molar-refractivity contribution >= 4 is 12.2 Å². The van der Waals surface area contributed by atoms with Gasteiger partial charge in [-0.25, -0.2) is 4.79 Å². The Morgan fingerprint density at radius 2 is 2.15 bits per heavy atom. The van der Waals surface area contributed by atoms with E-state index in [-0.39, 0.29) is 12.7 Å². The van der Waals surface area contributed by atoms with Crippen molar-refractivity contribution in [3.05, 3.63) is 42.2 Å². The zero-order valence-electron chi connectivity index (χ0n) is 16.3. The third-order valence-corrected chi connectivity index (χ3v) is 5.31. The van der Waals surface area contributed by atoms with Crippen LogP contribution in [0.2, 0.25) is 0 Å². The lowest BCUT2D eigenvalue weighted by atomic mass is 10.0. The molecule has 3 rings (SSSR count). The Bertz CT molecular complexity index is 822. The number of ether oxygens (including phenoxy) is 2. The second-order valence-electron chi connectivity index (χ2n) is 6.89. The van der Waals surface area contributed by atoms with Gasteiger partial charge in [-0.15, -0.1) is 0 Å². The first-order chi connectivity index (χ1) is 13.0. The van der Waals surface area contributed by atoms with Crippen molar-refractivity contribution in [2.45, 2.75) is 38.3 Å². The summed E-state index contributed by atoms with van der Waals surface area (Å²) in [5.41, 5.74) is 3.67. The molecule has 2 aromatic rings. The van der Waals surface area contributed by atoms with Crippen LogP contribution in [0.1, 0.15) is 36.9 Å². The van der Waals surface area contributed by atoms with Gasteiger partial charge < -0.3 is 14.4 Å². The topological polar surface area (TPSA) is 56.6 Å². The van der Waals surface area contributed by atoms with Gasteiger partial charge in [0.2, 0.25) is 0 Å². The molecular formula is C21H27N3O3. The van der Waals surface area contributed by atoms with E-state index in [1.54, 1.807) is 29.0 Å². The zero-order chi connectivity index (χ0) is 19.4. The summed E-state index contributed by atoms with van der Waals surface area (Å²) in [4.78, 5) is 14.1. The lowest BCUT2D eigenvalue weighted by Gasteiger charge is -2.23. The number of aromatic nitrogens is 2. The highest BCUT2D eigenvalue weighted by atomic mass is 16.6. The van der Waals surface area contributed by atoms with E-state index in [1.807, 2.05) is 32.3 Å². The summed E-state index contributed by atoms with van der Waals surface area (Å²) in [6.07, 6.45) is 7.73. The Morgan fingerprint density at radius 3 is 2.81 bits per heavy atom. The van der Waals surface area contributed by atoms with E-state index in [2.05, 4.69) is 11.7 Å². The third-order valence-electron chi connectivity index (χ3n) is 5.31. The lowest BCUT2D eigenvalue weighted by molar-refractivity contribution is 0.0899. The van der Waals surface area contributed by atoms with Crippen LogP contribution in [0.5, 0.6) is 5.75 Å². The number of carbonyl (C=O) groups is 1. The van der Waals surface area contributed by atoms with Crippen LogP contribution >= 0.6 is 0 Å². The lowest BCUT2D eigenvalue weighted by Crippen LogP contribution is -2.35. The smallest absolute Gasteiger partial charge is 0.410 e. The molecule has 0 spiro atoms. The number of hydrogen-bond donors (Lipinski definition) is 0. The Balaban J connectivity index is 1.77. The van der Waals surface area contributed by atoms with Crippen LogP contribution in [-0.4, -0.2) is 41.0 Å². The SMILES string of the molecule is C=Cc1cc(-c2cnn(C)c2COC(=O)N(C)C2CCCC2)ccc1OC. The fourth-order valence-electron chi connectivity index (χ4n) is 3.61. The number of nitrogens with zero attached hydrogens (tertiary/aromatic N) is 3. The maximum absolute atomic E-state index is 12.4. The Labute approximate surface area is 160 Å². The summed E-state index contributed by atoms with van der Waals surface area (Å²) >= 11 is 0. The Morgan fingerprint density at radius 1 is 1.41 bits per heavy atom. The highest BCUT2D eigenvalue weighted by Gasteiger charge is 2.25. The van der Waals surface area contributed by atoms with Crippen LogP contribution < -0.4 is 4.74 Å².